The molecule has 0 saturated heterocycles. The quantitative estimate of drug-likeness (QED) is 0.834. The first kappa shape index (κ1) is 14.0. The minimum Gasteiger partial charge on any atom is -0.399 e. The molecule has 0 bridgehead atoms. The number of hydrogen-bond acceptors (Lipinski definition) is 2. The van der Waals surface area contributed by atoms with Gasteiger partial charge in [0.1, 0.15) is 5.69 Å². The standard InChI is InChI=1S/C16H18ClN3O/c17-12-9-15(20(10-12)14-5-6-14)16(21)19-8-7-11-1-3-13(18)4-2-11/h1-4,9-10,14H,5-8,18H2,(H,19,21). The molecule has 0 aliphatic heterocycles. The predicted octanol–water partition coefficient (Wildman–Crippen LogP) is 3.03. The van der Waals surface area contributed by atoms with Crippen LogP contribution in [0.15, 0.2) is 36.5 Å². The Bertz CT molecular complexity index is 644. The summed E-state index contributed by atoms with van der Waals surface area (Å²) in [4.78, 5) is 12.2. The molecule has 1 aromatic carbocycles. The van der Waals surface area contributed by atoms with Gasteiger partial charge in [0.05, 0.1) is 5.02 Å². The molecule has 3 N–H and O–H groups in total. The maximum Gasteiger partial charge on any atom is 0.267 e. The Balaban J connectivity index is 1.58. The van der Waals surface area contributed by atoms with Gasteiger partial charge in [-0.25, -0.2) is 0 Å². The molecule has 0 spiro atoms. The number of rotatable bonds is 5. The zero-order chi connectivity index (χ0) is 14.8. The average Bonchev–Trinajstić information content (AvgIpc) is 3.23. The average molecular weight is 304 g/mol. The third kappa shape index (κ3) is 3.39. The summed E-state index contributed by atoms with van der Waals surface area (Å²) in [6.45, 7) is 0.593. The SMILES string of the molecule is Nc1ccc(CCNC(=O)c2cc(Cl)cn2C2CC2)cc1. The van der Waals surface area contributed by atoms with E-state index in [0.717, 1.165) is 30.5 Å². The second-order valence-electron chi connectivity index (χ2n) is 5.43. The fraction of sp³-hybridized carbons (Fsp3) is 0.312. The highest BCUT2D eigenvalue weighted by atomic mass is 35.5. The van der Waals surface area contributed by atoms with E-state index in [2.05, 4.69) is 5.32 Å². The molecule has 3 rings (SSSR count). The molecule has 1 saturated carbocycles. The summed E-state index contributed by atoms with van der Waals surface area (Å²) in [6.07, 6.45) is 4.87. The number of hydrogen-bond donors (Lipinski definition) is 2. The van der Waals surface area contributed by atoms with Crippen LogP contribution in [0.1, 0.15) is 34.9 Å². The number of carbonyl (C=O) groups is 1. The number of anilines is 1. The number of benzene rings is 1. The monoisotopic (exact) mass is 303 g/mol. The molecule has 1 heterocycles. The van der Waals surface area contributed by atoms with Crippen molar-refractivity contribution in [2.75, 3.05) is 12.3 Å². The van der Waals surface area contributed by atoms with Gasteiger partial charge in [-0.05, 0) is 43.0 Å². The highest BCUT2D eigenvalue weighted by molar-refractivity contribution is 6.31. The number of carbonyl (C=O) groups excluding carboxylic acids is 1. The third-order valence-electron chi connectivity index (χ3n) is 3.67. The molecule has 1 aliphatic carbocycles. The lowest BCUT2D eigenvalue weighted by Gasteiger charge is -2.08. The molecule has 1 aromatic heterocycles. The first-order valence-corrected chi connectivity index (χ1v) is 7.51. The maximum atomic E-state index is 12.2. The lowest BCUT2D eigenvalue weighted by molar-refractivity contribution is 0.0944. The fourth-order valence-corrected chi connectivity index (χ4v) is 2.59. The van der Waals surface area contributed by atoms with Gasteiger partial charge in [0.2, 0.25) is 0 Å². The Labute approximate surface area is 128 Å². The Morgan fingerprint density at radius 3 is 2.71 bits per heavy atom. The summed E-state index contributed by atoms with van der Waals surface area (Å²) < 4.78 is 1.99. The Morgan fingerprint density at radius 1 is 1.33 bits per heavy atom. The van der Waals surface area contributed by atoms with E-state index in [9.17, 15) is 4.79 Å². The van der Waals surface area contributed by atoms with Gasteiger partial charge < -0.3 is 15.6 Å². The van der Waals surface area contributed by atoms with Crippen LogP contribution in [0.5, 0.6) is 0 Å². The fourth-order valence-electron chi connectivity index (χ4n) is 2.38. The van der Waals surface area contributed by atoms with E-state index >= 15 is 0 Å². The largest absolute Gasteiger partial charge is 0.399 e. The molecule has 2 aromatic rings. The van der Waals surface area contributed by atoms with Gasteiger partial charge in [-0.15, -0.1) is 0 Å². The Kier molecular flexibility index (Phi) is 3.88. The number of nitrogen functional groups attached to an aromatic ring is 1. The van der Waals surface area contributed by atoms with E-state index in [1.165, 1.54) is 0 Å². The lowest BCUT2D eigenvalue weighted by Crippen LogP contribution is -2.27. The van der Waals surface area contributed by atoms with Crippen molar-refractivity contribution >= 4 is 23.2 Å². The predicted molar refractivity (Wildman–Crippen MR) is 84.6 cm³/mol. The van der Waals surface area contributed by atoms with E-state index in [4.69, 9.17) is 17.3 Å². The van der Waals surface area contributed by atoms with Crippen molar-refractivity contribution in [3.05, 3.63) is 52.8 Å². The van der Waals surface area contributed by atoms with Crippen molar-refractivity contribution < 1.29 is 4.79 Å². The second-order valence-corrected chi connectivity index (χ2v) is 5.87. The summed E-state index contributed by atoms with van der Waals surface area (Å²) >= 11 is 6.01. The molecular formula is C16H18ClN3O. The van der Waals surface area contributed by atoms with Crippen LogP contribution in [0.3, 0.4) is 0 Å². The van der Waals surface area contributed by atoms with E-state index < -0.39 is 0 Å². The van der Waals surface area contributed by atoms with Crippen LogP contribution < -0.4 is 11.1 Å². The van der Waals surface area contributed by atoms with Gasteiger partial charge in [-0.2, -0.15) is 0 Å². The van der Waals surface area contributed by atoms with Crippen molar-refractivity contribution in [1.29, 1.82) is 0 Å². The molecule has 0 atom stereocenters. The number of amides is 1. The molecule has 1 fully saturated rings. The van der Waals surface area contributed by atoms with Crippen LogP contribution in [-0.4, -0.2) is 17.0 Å². The summed E-state index contributed by atoms with van der Waals surface area (Å²) in [7, 11) is 0. The van der Waals surface area contributed by atoms with Gasteiger partial charge in [0.25, 0.3) is 5.91 Å². The molecule has 1 aliphatic rings. The molecule has 0 radical (unpaired) electrons. The zero-order valence-electron chi connectivity index (χ0n) is 11.7. The normalized spacial score (nSPS) is 14.1. The van der Waals surface area contributed by atoms with Crippen molar-refractivity contribution in [2.45, 2.75) is 25.3 Å². The van der Waals surface area contributed by atoms with E-state index in [1.807, 2.05) is 35.0 Å². The van der Waals surface area contributed by atoms with Gasteiger partial charge in [0, 0.05) is 24.5 Å². The molecule has 0 unspecified atom stereocenters. The maximum absolute atomic E-state index is 12.2. The van der Waals surface area contributed by atoms with E-state index in [1.54, 1.807) is 6.07 Å². The summed E-state index contributed by atoms with van der Waals surface area (Å²) in [6, 6.07) is 9.87. The number of nitrogens with zero attached hydrogens (tertiary/aromatic N) is 1. The Morgan fingerprint density at radius 2 is 2.05 bits per heavy atom. The van der Waals surface area contributed by atoms with Crippen molar-refractivity contribution in [3.63, 3.8) is 0 Å². The minimum atomic E-state index is -0.0655. The smallest absolute Gasteiger partial charge is 0.267 e. The summed E-state index contributed by atoms with van der Waals surface area (Å²) in [5, 5.41) is 3.57. The van der Waals surface area contributed by atoms with Crippen LogP contribution in [0, 0.1) is 0 Å². The number of aromatic nitrogens is 1. The lowest BCUT2D eigenvalue weighted by atomic mass is 10.1. The molecular weight excluding hydrogens is 286 g/mol. The van der Waals surface area contributed by atoms with Gasteiger partial charge in [-0.3, -0.25) is 4.79 Å². The number of halogens is 1. The molecule has 5 heteroatoms. The number of nitrogens with two attached hydrogens (primary N) is 1. The molecule has 1 amide bonds. The van der Waals surface area contributed by atoms with Crippen LogP contribution in [0.2, 0.25) is 5.02 Å². The zero-order valence-corrected chi connectivity index (χ0v) is 12.4. The van der Waals surface area contributed by atoms with Crippen LogP contribution in [-0.2, 0) is 6.42 Å². The summed E-state index contributed by atoms with van der Waals surface area (Å²) in [5.74, 6) is -0.0655. The van der Waals surface area contributed by atoms with Crippen LogP contribution in [0.4, 0.5) is 5.69 Å². The van der Waals surface area contributed by atoms with E-state index in [-0.39, 0.29) is 5.91 Å². The van der Waals surface area contributed by atoms with Crippen LogP contribution in [0.25, 0.3) is 0 Å². The highest BCUT2D eigenvalue weighted by Crippen LogP contribution is 2.37. The van der Waals surface area contributed by atoms with Gasteiger partial charge in [0.15, 0.2) is 0 Å². The topological polar surface area (TPSA) is 60.0 Å². The first-order chi connectivity index (χ1) is 10.1. The van der Waals surface area contributed by atoms with E-state index in [0.29, 0.717) is 23.3 Å². The van der Waals surface area contributed by atoms with Gasteiger partial charge >= 0.3 is 0 Å². The highest BCUT2D eigenvalue weighted by Gasteiger charge is 2.27. The number of nitrogens with one attached hydrogen (secondary N) is 1. The van der Waals surface area contributed by atoms with Crippen molar-refractivity contribution in [2.24, 2.45) is 0 Å². The molecule has 4 nitrogen and oxygen atoms in total. The van der Waals surface area contributed by atoms with Crippen molar-refractivity contribution in [3.8, 4) is 0 Å². The molecule has 110 valence electrons. The Hall–Kier alpha value is -1.94. The van der Waals surface area contributed by atoms with Crippen molar-refractivity contribution in [1.82, 2.24) is 9.88 Å². The second kappa shape index (κ2) is 5.82. The minimum absolute atomic E-state index is 0.0655. The first-order valence-electron chi connectivity index (χ1n) is 7.13. The molecule has 21 heavy (non-hydrogen) atoms. The van der Waals surface area contributed by atoms with Crippen LogP contribution >= 0.6 is 11.6 Å². The third-order valence-corrected chi connectivity index (χ3v) is 3.87. The summed E-state index contributed by atoms with van der Waals surface area (Å²) in [5.41, 5.74) is 8.20. The van der Waals surface area contributed by atoms with Gasteiger partial charge in [-0.1, -0.05) is 23.7 Å².